The molecule has 0 radical (unpaired) electrons. The van der Waals surface area contributed by atoms with Gasteiger partial charge in [0.15, 0.2) is 0 Å². The van der Waals surface area contributed by atoms with Crippen LogP contribution in [0.1, 0.15) is 24.5 Å². The number of carbonyl (C=O) groups excluding carboxylic acids is 1. The number of carbonyl (C=O) groups is 1. The monoisotopic (exact) mass is 296 g/mol. The van der Waals surface area contributed by atoms with E-state index in [1.54, 1.807) is 12.1 Å². The molecule has 0 bridgehead atoms. The van der Waals surface area contributed by atoms with Crippen LogP contribution in [-0.2, 0) is 4.79 Å². The highest BCUT2D eigenvalue weighted by Gasteiger charge is 2.29. The zero-order chi connectivity index (χ0) is 15.4. The van der Waals surface area contributed by atoms with Crippen LogP contribution in [0.5, 0.6) is 0 Å². The van der Waals surface area contributed by atoms with Crippen LogP contribution in [0.25, 0.3) is 0 Å². The largest absolute Gasteiger partial charge is 0.387 e. The van der Waals surface area contributed by atoms with Gasteiger partial charge in [-0.25, -0.2) is 4.39 Å². The first-order chi connectivity index (χ1) is 9.97. The normalized spacial score (nSPS) is 20.1. The predicted molar refractivity (Wildman–Crippen MR) is 75.7 cm³/mol. The molecule has 21 heavy (non-hydrogen) atoms. The quantitative estimate of drug-likeness (QED) is 0.735. The van der Waals surface area contributed by atoms with E-state index in [4.69, 9.17) is 5.73 Å². The van der Waals surface area contributed by atoms with Crippen LogP contribution in [0.15, 0.2) is 24.3 Å². The number of nitrogens with zero attached hydrogens (tertiary/aromatic N) is 1. The van der Waals surface area contributed by atoms with Crippen molar-refractivity contribution >= 4 is 5.91 Å². The fraction of sp³-hybridized carbons (Fsp3) is 0.533. The van der Waals surface area contributed by atoms with E-state index in [-0.39, 0.29) is 11.7 Å². The first-order valence-electron chi connectivity index (χ1n) is 7.10. The summed E-state index contributed by atoms with van der Waals surface area (Å²) in [7, 11) is 0. The molecule has 0 spiro atoms. The fourth-order valence-electron chi connectivity index (χ4n) is 2.72. The second-order valence-electron chi connectivity index (χ2n) is 5.55. The number of amides is 1. The van der Waals surface area contributed by atoms with Gasteiger partial charge in [0.1, 0.15) is 11.9 Å². The van der Waals surface area contributed by atoms with Gasteiger partial charge in [0.2, 0.25) is 5.91 Å². The SMILES string of the molecule is NC(=O)[C@H](O)C1CCN(C[C@H](O)c2ccc(F)cc2)CC1. The van der Waals surface area contributed by atoms with Crippen LogP contribution >= 0.6 is 0 Å². The maximum atomic E-state index is 12.8. The Morgan fingerprint density at radius 2 is 1.86 bits per heavy atom. The van der Waals surface area contributed by atoms with Crippen molar-refractivity contribution in [2.75, 3.05) is 19.6 Å². The number of nitrogens with two attached hydrogens (primary N) is 1. The fourth-order valence-corrected chi connectivity index (χ4v) is 2.72. The third kappa shape index (κ3) is 4.23. The van der Waals surface area contributed by atoms with Gasteiger partial charge in [-0.15, -0.1) is 0 Å². The van der Waals surface area contributed by atoms with Gasteiger partial charge < -0.3 is 20.8 Å². The molecule has 5 nitrogen and oxygen atoms in total. The average molecular weight is 296 g/mol. The highest BCUT2D eigenvalue weighted by molar-refractivity contribution is 5.78. The average Bonchev–Trinajstić information content (AvgIpc) is 2.47. The molecule has 116 valence electrons. The number of hydrogen-bond acceptors (Lipinski definition) is 4. The molecule has 1 aromatic carbocycles. The number of β-amino-alcohol motifs (C(OH)–C–C–N with tert-alkyl or cyclic N) is 1. The lowest BCUT2D eigenvalue weighted by atomic mass is 9.90. The number of aliphatic hydroxyl groups is 2. The van der Waals surface area contributed by atoms with Crippen LogP contribution in [0.4, 0.5) is 4.39 Å². The molecule has 2 rings (SSSR count). The van der Waals surface area contributed by atoms with Crippen LogP contribution in [-0.4, -0.2) is 46.8 Å². The summed E-state index contributed by atoms with van der Waals surface area (Å²) in [4.78, 5) is 13.0. The summed E-state index contributed by atoms with van der Waals surface area (Å²) in [5, 5.41) is 19.8. The Bertz CT molecular complexity index is 472. The van der Waals surface area contributed by atoms with Crippen molar-refractivity contribution in [1.82, 2.24) is 4.90 Å². The summed E-state index contributed by atoms with van der Waals surface area (Å²) in [6, 6.07) is 5.80. The van der Waals surface area contributed by atoms with E-state index in [2.05, 4.69) is 4.90 Å². The van der Waals surface area contributed by atoms with E-state index in [1.807, 2.05) is 0 Å². The summed E-state index contributed by atoms with van der Waals surface area (Å²) in [5.41, 5.74) is 5.77. The predicted octanol–water partition coefficient (Wildman–Crippen LogP) is 0.417. The lowest BCUT2D eigenvalue weighted by Crippen LogP contribution is -2.43. The molecule has 1 heterocycles. The van der Waals surface area contributed by atoms with Crippen molar-refractivity contribution in [3.63, 3.8) is 0 Å². The summed E-state index contributed by atoms with van der Waals surface area (Å²) in [6.45, 7) is 1.82. The highest BCUT2D eigenvalue weighted by Crippen LogP contribution is 2.23. The standard InChI is InChI=1S/C15H21FN2O3/c16-12-3-1-10(2-4-12)13(19)9-18-7-5-11(6-8-18)14(20)15(17)21/h1-4,11,13-14,19-20H,5-9H2,(H2,17,21)/t13-,14+/m0/s1. The summed E-state index contributed by atoms with van der Waals surface area (Å²) < 4.78 is 12.8. The Labute approximate surface area is 123 Å². The maximum Gasteiger partial charge on any atom is 0.246 e. The maximum absolute atomic E-state index is 12.8. The first-order valence-corrected chi connectivity index (χ1v) is 7.10. The molecular formula is C15H21FN2O3. The van der Waals surface area contributed by atoms with Gasteiger partial charge in [0.05, 0.1) is 6.10 Å². The van der Waals surface area contributed by atoms with Gasteiger partial charge in [-0.1, -0.05) is 12.1 Å². The highest BCUT2D eigenvalue weighted by atomic mass is 19.1. The number of piperidine rings is 1. The molecule has 1 aromatic rings. The summed E-state index contributed by atoms with van der Waals surface area (Å²) >= 11 is 0. The molecule has 1 saturated heterocycles. The van der Waals surface area contributed by atoms with E-state index < -0.39 is 18.1 Å². The molecule has 1 aliphatic rings. The van der Waals surface area contributed by atoms with Crippen LogP contribution in [0.2, 0.25) is 0 Å². The van der Waals surface area contributed by atoms with E-state index in [1.165, 1.54) is 12.1 Å². The van der Waals surface area contributed by atoms with Gasteiger partial charge in [-0.2, -0.15) is 0 Å². The van der Waals surface area contributed by atoms with Crippen LogP contribution < -0.4 is 5.73 Å². The Hall–Kier alpha value is -1.50. The minimum absolute atomic E-state index is 0.110. The second-order valence-corrected chi connectivity index (χ2v) is 5.55. The van der Waals surface area contributed by atoms with Gasteiger partial charge in [0, 0.05) is 6.54 Å². The lowest BCUT2D eigenvalue weighted by Gasteiger charge is -2.34. The topological polar surface area (TPSA) is 86.8 Å². The number of benzene rings is 1. The molecule has 0 aliphatic carbocycles. The smallest absolute Gasteiger partial charge is 0.246 e. The molecular weight excluding hydrogens is 275 g/mol. The molecule has 0 aromatic heterocycles. The van der Waals surface area contributed by atoms with Crippen molar-refractivity contribution in [2.24, 2.45) is 11.7 Å². The number of halogens is 1. The van der Waals surface area contributed by atoms with Crippen molar-refractivity contribution in [3.05, 3.63) is 35.6 Å². The van der Waals surface area contributed by atoms with Gasteiger partial charge >= 0.3 is 0 Å². The Balaban J connectivity index is 1.83. The Morgan fingerprint density at radius 3 is 2.38 bits per heavy atom. The minimum atomic E-state index is -1.09. The number of rotatable bonds is 5. The third-order valence-electron chi connectivity index (χ3n) is 4.06. The zero-order valence-corrected chi connectivity index (χ0v) is 11.8. The van der Waals surface area contributed by atoms with Crippen molar-refractivity contribution in [1.29, 1.82) is 0 Å². The molecule has 0 unspecified atom stereocenters. The van der Waals surface area contributed by atoms with Gasteiger partial charge in [-0.3, -0.25) is 4.79 Å². The first kappa shape index (κ1) is 15.9. The molecule has 0 saturated carbocycles. The second kappa shape index (κ2) is 6.98. The summed E-state index contributed by atoms with van der Waals surface area (Å²) in [5.74, 6) is -1.12. The zero-order valence-electron chi connectivity index (χ0n) is 11.8. The van der Waals surface area contributed by atoms with Crippen LogP contribution in [0, 0.1) is 11.7 Å². The molecule has 1 fully saturated rings. The van der Waals surface area contributed by atoms with Crippen molar-refractivity contribution in [2.45, 2.75) is 25.0 Å². The number of hydrogen-bond donors (Lipinski definition) is 3. The van der Waals surface area contributed by atoms with Gasteiger partial charge in [-0.05, 0) is 49.5 Å². The van der Waals surface area contributed by atoms with E-state index >= 15 is 0 Å². The molecule has 4 N–H and O–H groups in total. The van der Waals surface area contributed by atoms with Crippen molar-refractivity contribution < 1.29 is 19.4 Å². The number of likely N-dealkylation sites (tertiary alicyclic amines) is 1. The third-order valence-corrected chi connectivity index (χ3v) is 4.06. The van der Waals surface area contributed by atoms with Crippen molar-refractivity contribution in [3.8, 4) is 0 Å². The summed E-state index contributed by atoms with van der Waals surface area (Å²) in [6.07, 6.45) is -0.432. The molecule has 2 atom stereocenters. The minimum Gasteiger partial charge on any atom is -0.387 e. The van der Waals surface area contributed by atoms with E-state index in [0.717, 1.165) is 0 Å². The molecule has 6 heteroatoms. The van der Waals surface area contributed by atoms with E-state index in [0.29, 0.717) is 38.0 Å². The van der Waals surface area contributed by atoms with E-state index in [9.17, 15) is 19.4 Å². The Kier molecular flexibility index (Phi) is 5.27. The van der Waals surface area contributed by atoms with Crippen LogP contribution in [0.3, 0.4) is 0 Å². The Morgan fingerprint density at radius 1 is 1.29 bits per heavy atom. The molecule has 1 amide bonds. The van der Waals surface area contributed by atoms with Gasteiger partial charge in [0.25, 0.3) is 0 Å². The molecule has 1 aliphatic heterocycles. The lowest BCUT2D eigenvalue weighted by molar-refractivity contribution is -0.129. The number of aliphatic hydroxyl groups excluding tert-OH is 2. The number of primary amides is 1.